The fourth-order valence-electron chi connectivity index (χ4n) is 1.27. The Kier molecular flexibility index (Phi) is 4.12. The number of rotatable bonds is 5. The predicted molar refractivity (Wildman–Crippen MR) is 58.0 cm³/mol. The fourth-order valence-corrected chi connectivity index (χ4v) is 1.88. The van der Waals surface area contributed by atoms with Gasteiger partial charge < -0.3 is 5.32 Å². The van der Waals surface area contributed by atoms with Crippen molar-refractivity contribution in [3.63, 3.8) is 0 Å². The first-order chi connectivity index (χ1) is 6.24. The summed E-state index contributed by atoms with van der Waals surface area (Å²) in [5.41, 5.74) is 4.20. The van der Waals surface area contributed by atoms with Gasteiger partial charge in [0.15, 0.2) is 0 Å². The molecule has 0 amide bonds. The highest BCUT2D eigenvalue weighted by atomic mass is 32.1. The van der Waals surface area contributed by atoms with E-state index < -0.39 is 0 Å². The number of aromatic nitrogens is 1. The molecule has 0 aliphatic rings. The Morgan fingerprint density at radius 2 is 2.54 bits per heavy atom. The van der Waals surface area contributed by atoms with E-state index in [1.54, 1.807) is 11.3 Å². The van der Waals surface area contributed by atoms with E-state index in [4.69, 9.17) is 0 Å². The molecular formula is C10H16N2S. The molecule has 0 aromatic carbocycles. The number of nitrogens with one attached hydrogen (secondary N) is 1. The minimum Gasteiger partial charge on any atom is -0.309 e. The van der Waals surface area contributed by atoms with Gasteiger partial charge in [0.05, 0.1) is 17.2 Å². The predicted octanol–water partition coefficient (Wildman–Crippen LogP) is 2.76. The lowest BCUT2D eigenvalue weighted by Crippen LogP contribution is -2.21. The van der Waals surface area contributed by atoms with Gasteiger partial charge >= 0.3 is 0 Å². The van der Waals surface area contributed by atoms with E-state index in [-0.39, 0.29) is 0 Å². The van der Waals surface area contributed by atoms with E-state index in [2.05, 4.69) is 36.1 Å². The highest BCUT2D eigenvalue weighted by molar-refractivity contribution is 7.07. The lowest BCUT2D eigenvalue weighted by molar-refractivity contribution is 0.538. The van der Waals surface area contributed by atoms with E-state index in [0.29, 0.717) is 6.04 Å². The molecule has 1 atom stereocenters. The van der Waals surface area contributed by atoms with Crippen LogP contribution in [0.2, 0.25) is 0 Å². The Labute approximate surface area is 83.7 Å². The number of hydrogen-bond donors (Lipinski definition) is 1. The third-order valence-corrected chi connectivity index (χ3v) is 2.42. The van der Waals surface area contributed by atoms with Crippen LogP contribution in [0.1, 0.15) is 32.0 Å². The standard InChI is InChI=1S/C10H16N2S/c1-4-11-9(5-8(2)3)10-6-13-7-12-10/h6-7,9,11H,2,4-5H2,1,3H3. The van der Waals surface area contributed by atoms with E-state index in [0.717, 1.165) is 18.7 Å². The molecule has 1 N–H and O–H groups in total. The summed E-state index contributed by atoms with van der Waals surface area (Å²) in [5.74, 6) is 0. The maximum atomic E-state index is 4.30. The number of thiazole rings is 1. The molecule has 3 heteroatoms. The van der Waals surface area contributed by atoms with Crippen molar-refractivity contribution < 1.29 is 0 Å². The van der Waals surface area contributed by atoms with Crippen LogP contribution in [0.5, 0.6) is 0 Å². The van der Waals surface area contributed by atoms with Crippen LogP contribution >= 0.6 is 11.3 Å². The SMILES string of the molecule is C=C(C)CC(NCC)c1cscn1. The van der Waals surface area contributed by atoms with Crippen LogP contribution in [0.15, 0.2) is 23.0 Å². The van der Waals surface area contributed by atoms with E-state index in [1.807, 2.05) is 5.51 Å². The van der Waals surface area contributed by atoms with Crippen LogP contribution < -0.4 is 5.32 Å². The molecule has 0 aliphatic heterocycles. The van der Waals surface area contributed by atoms with Gasteiger partial charge in [0.2, 0.25) is 0 Å². The first-order valence-electron chi connectivity index (χ1n) is 4.50. The summed E-state index contributed by atoms with van der Waals surface area (Å²) in [6, 6.07) is 0.341. The summed E-state index contributed by atoms with van der Waals surface area (Å²) in [7, 11) is 0. The second-order valence-electron chi connectivity index (χ2n) is 3.18. The molecule has 1 rings (SSSR count). The van der Waals surface area contributed by atoms with Crippen LogP contribution in [0.4, 0.5) is 0 Å². The quantitative estimate of drug-likeness (QED) is 0.732. The van der Waals surface area contributed by atoms with Gasteiger partial charge in [0, 0.05) is 5.38 Å². The molecule has 0 fully saturated rings. The first-order valence-corrected chi connectivity index (χ1v) is 5.44. The molecule has 0 saturated carbocycles. The Morgan fingerprint density at radius 3 is 3.00 bits per heavy atom. The molecule has 1 aromatic rings. The Balaban J connectivity index is 2.62. The van der Waals surface area contributed by atoms with Gasteiger partial charge in [0.25, 0.3) is 0 Å². The summed E-state index contributed by atoms with van der Waals surface area (Å²) in [6.07, 6.45) is 0.970. The zero-order valence-electron chi connectivity index (χ0n) is 8.21. The first kappa shape index (κ1) is 10.4. The second-order valence-corrected chi connectivity index (χ2v) is 3.90. The van der Waals surface area contributed by atoms with E-state index >= 15 is 0 Å². The molecule has 1 heterocycles. The maximum Gasteiger partial charge on any atom is 0.0795 e. The van der Waals surface area contributed by atoms with Crippen LogP contribution in [0.3, 0.4) is 0 Å². The third kappa shape index (κ3) is 3.28. The third-order valence-electron chi connectivity index (χ3n) is 1.81. The van der Waals surface area contributed by atoms with Crippen LogP contribution in [-0.4, -0.2) is 11.5 Å². The average Bonchev–Trinajstić information content (AvgIpc) is 2.54. The summed E-state index contributed by atoms with van der Waals surface area (Å²) in [4.78, 5) is 4.30. The van der Waals surface area contributed by atoms with Crippen LogP contribution in [0.25, 0.3) is 0 Å². The molecule has 0 radical (unpaired) electrons. The van der Waals surface area contributed by atoms with Crippen molar-refractivity contribution in [2.45, 2.75) is 26.3 Å². The smallest absolute Gasteiger partial charge is 0.0795 e. The minimum atomic E-state index is 0.341. The molecule has 0 saturated heterocycles. The molecule has 0 bridgehead atoms. The van der Waals surface area contributed by atoms with Crippen molar-refractivity contribution in [1.29, 1.82) is 0 Å². The van der Waals surface area contributed by atoms with Crippen molar-refractivity contribution in [3.8, 4) is 0 Å². The largest absolute Gasteiger partial charge is 0.309 e. The fraction of sp³-hybridized carbons (Fsp3) is 0.500. The highest BCUT2D eigenvalue weighted by Gasteiger charge is 2.11. The van der Waals surface area contributed by atoms with Gasteiger partial charge in [-0.2, -0.15) is 0 Å². The zero-order chi connectivity index (χ0) is 9.68. The van der Waals surface area contributed by atoms with Gasteiger partial charge in [-0.25, -0.2) is 4.98 Å². The van der Waals surface area contributed by atoms with Crippen molar-refractivity contribution in [2.75, 3.05) is 6.54 Å². The van der Waals surface area contributed by atoms with Crippen molar-refractivity contribution in [3.05, 3.63) is 28.7 Å². The Bertz CT molecular complexity index is 254. The lowest BCUT2D eigenvalue weighted by Gasteiger charge is -2.15. The molecular weight excluding hydrogens is 180 g/mol. The number of nitrogens with zero attached hydrogens (tertiary/aromatic N) is 1. The molecule has 1 unspecified atom stereocenters. The van der Waals surface area contributed by atoms with Gasteiger partial charge in [0.1, 0.15) is 0 Å². The second kappa shape index (κ2) is 5.14. The summed E-state index contributed by atoms with van der Waals surface area (Å²) in [6.45, 7) is 9.05. The molecule has 1 aromatic heterocycles. The topological polar surface area (TPSA) is 24.9 Å². The molecule has 72 valence electrons. The summed E-state index contributed by atoms with van der Waals surface area (Å²) >= 11 is 1.64. The normalized spacial score (nSPS) is 12.8. The summed E-state index contributed by atoms with van der Waals surface area (Å²) < 4.78 is 0. The van der Waals surface area contributed by atoms with E-state index in [1.165, 1.54) is 5.57 Å². The van der Waals surface area contributed by atoms with Gasteiger partial charge in [-0.15, -0.1) is 17.9 Å². The molecule has 0 aliphatic carbocycles. The maximum absolute atomic E-state index is 4.30. The van der Waals surface area contributed by atoms with E-state index in [9.17, 15) is 0 Å². The van der Waals surface area contributed by atoms with Crippen molar-refractivity contribution >= 4 is 11.3 Å². The molecule has 2 nitrogen and oxygen atoms in total. The summed E-state index contributed by atoms with van der Waals surface area (Å²) in [5, 5.41) is 5.49. The lowest BCUT2D eigenvalue weighted by atomic mass is 10.1. The number of hydrogen-bond acceptors (Lipinski definition) is 3. The van der Waals surface area contributed by atoms with Crippen molar-refractivity contribution in [2.24, 2.45) is 0 Å². The average molecular weight is 196 g/mol. The van der Waals surface area contributed by atoms with Gasteiger partial charge in [-0.1, -0.05) is 12.5 Å². The molecule has 13 heavy (non-hydrogen) atoms. The monoisotopic (exact) mass is 196 g/mol. The zero-order valence-corrected chi connectivity index (χ0v) is 9.03. The highest BCUT2D eigenvalue weighted by Crippen LogP contribution is 2.19. The minimum absolute atomic E-state index is 0.341. The Morgan fingerprint density at radius 1 is 1.77 bits per heavy atom. The van der Waals surface area contributed by atoms with Gasteiger partial charge in [-0.3, -0.25) is 0 Å². The van der Waals surface area contributed by atoms with Gasteiger partial charge in [-0.05, 0) is 19.9 Å². The van der Waals surface area contributed by atoms with Crippen LogP contribution in [0, 0.1) is 0 Å². The molecule has 0 spiro atoms. The van der Waals surface area contributed by atoms with Crippen molar-refractivity contribution in [1.82, 2.24) is 10.3 Å². The Hall–Kier alpha value is -0.670. The van der Waals surface area contributed by atoms with Crippen LogP contribution in [-0.2, 0) is 0 Å².